The number of carbonyl (C=O) groups excluding carboxylic acids is 1. The van der Waals surface area contributed by atoms with Crippen molar-refractivity contribution >= 4 is 27.5 Å². The van der Waals surface area contributed by atoms with E-state index in [9.17, 15) is 4.79 Å². The number of amides is 1. The minimum atomic E-state index is -0.275. The molecule has 1 atom stereocenters. The van der Waals surface area contributed by atoms with E-state index in [4.69, 9.17) is 9.51 Å². The molecule has 0 aliphatic carbocycles. The summed E-state index contributed by atoms with van der Waals surface area (Å²) in [6.07, 6.45) is 2.18. The van der Waals surface area contributed by atoms with E-state index in [-0.39, 0.29) is 17.8 Å². The summed E-state index contributed by atoms with van der Waals surface area (Å²) in [4.78, 5) is 24.7. The highest BCUT2D eigenvalue weighted by molar-refractivity contribution is 7.18. The van der Waals surface area contributed by atoms with Crippen molar-refractivity contribution in [1.82, 2.24) is 24.9 Å². The zero-order chi connectivity index (χ0) is 17.4. The number of hydrogen-bond donors (Lipinski definition) is 0. The van der Waals surface area contributed by atoms with Crippen LogP contribution in [-0.4, -0.2) is 51.5 Å². The van der Waals surface area contributed by atoms with Crippen molar-refractivity contribution in [2.24, 2.45) is 0 Å². The van der Waals surface area contributed by atoms with Crippen molar-refractivity contribution < 1.29 is 9.32 Å². The Labute approximate surface area is 149 Å². The molecule has 3 aromatic rings. The van der Waals surface area contributed by atoms with Crippen LogP contribution in [0.3, 0.4) is 0 Å². The van der Waals surface area contributed by atoms with Crippen LogP contribution in [0.25, 0.3) is 10.2 Å². The molecule has 0 bridgehead atoms. The number of para-hydroxylation sites is 1. The quantitative estimate of drug-likeness (QED) is 0.715. The Bertz CT molecular complexity index is 870. The molecule has 0 saturated carbocycles. The zero-order valence-electron chi connectivity index (χ0n) is 14.2. The molecule has 3 heterocycles. The molecular weight excluding hydrogens is 338 g/mol. The summed E-state index contributed by atoms with van der Waals surface area (Å²) in [5.74, 6) is 0.303. The minimum Gasteiger partial charge on any atom is -0.341 e. The van der Waals surface area contributed by atoms with Crippen molar-refractivity contribution in [2.75, 3.05) is 20.6 Å². The Hall–Kier alpha value is -2.32. The molecule has 130 valence electrons. The lowest BCUT2D eigenvalue weighted by atomic mass is 10.2. The van der Waals surface area contributed by atoms with Crippen LogP contribution in [0, 0.1) is 0 Å². The third-order valence-corrected chi connectivity index (χ3v) is 5.50. The van der Waals surface area contributed by atoms with E-state index in [0.717, 1.165) is 29.9 Å². The van der Waals surface area contributed by atoms with Crippen LogP contribution in [0.1, 0.15) is 40.4 Å². The van der Waals surface area contributed by atoms with Gasteiger partial charge in [0.2, 0.25) is 0 Å². The second-order valence-corrected chi connectivity index (χ2v) is 7.43. The minimum absolute atomic E-state index is 0.0377. The topological polar surface area (TPSA) is 75.4 Å². The Balaban J connectivity index is 1.53. The van der Waals surface area contributed by atoms with Gasteiger partial charge >= 0.3 is 11.8 Å². The predicted octanol–water partition coefficient (Wildman–Crippen LogP) is 2.72. The molecule has 2 aromatic heterocycles. The summed E-state index contributed by atoms with van der Waals surface area (Å²) < 4.78 is 6.31. The molecule has 0 radical (unpaired) electrons. The van der Waals surface area contributed by atoms with E-state index in [2.05, 4.69) is 21.1 Å². The summed E-state index contributed by atoms with van der Waals surface area (Å²) in [5, 5.41) is 5.09. The van der Waals surface area contributed by atoms with Crippen LogP contribution in [0.2, 0.25) is 0 Å². The van der Waals surface area contributed by atoms with Gasteiger partial charge in [-0.05, 0) is 31.5 Å². The van der Waals surface area contributed by atoms with E-state index in [0.29, 0.717) is 12.4 Å². The van der Waals surface area contributed by atoms with Crippen LogP contribution in [0.15, 0.2) is 28.8 Å². The highest BCUT2D eigenvalue weighted by Crippen LogP contribution is 2.36. The van der Waals surface area contributed by atoms with Crippen molar-refractivity contribution in [1.29, 1.82) is 0 Å². The first-order valence-corrected chi connectivity index (χ1v) is 9.07. The second kappa shape index (κ2) is 6.53. The van der Waals surface area contributed by atoms with Crippen LogP contribution >= 0.6 is 11.3 Å². The molecule has 1 fully saturated rings. The summed E-state index contributed by atoms with van der Waals surface area (Å²) in [7, 11) is 3.33. The molecule has 1 unspecified atom stereocenters. The lowest BCUT2D eigenvalue weighted by molar-refractivity contribution is 0.0779. The van der Waals surface area contributed by atoms with Crippen molar-refractivity contribution in [3.8, 4) is 0 Å². The number of aromatic nitrogens is 3. The predicted molar refractivity (Wildman–Crippen MR) is 94.3 cm³/mol. The van der Waals surface area contributed by atoms with Crippen LogP contribution in [-0.2, 0) is 6.54 Å². The number of hydrogen-bond acceptors (Lipinski definition) is 7. The molecule has 1 saturated heterocycles. The Morgan fingerprint density at radius 1 is 1.36 bits per heavy atom. The maximum atomic E-state index is 11.9. The molecule has 0 N–H and O–H groups in total. The van der Waals surface area contributed by atoms with Gasteiger partial charge in [-0.1, -0.05) is 17.3 Å². The van der Waals surface area contributed by atoms with Crippen LogP contribution < -0.4 is 0 Å². The Morgan fingerprint density at radius 2 is 2.20 bits per heavy atom. The number of likely N-dealkylation sites (tertiary alicyclic amines) is 1. The highest BCUT2D eigenvalue weighted by Gasteiger charge is 2.30. The standard InChI is InChI=1S/C17H19N5O2S/c1-21(2)17(23)15-19-14(20-24-15)10-22-9-5-7-12(22)16-18-11-6-3-4-8-13(11)25-16/h3-4,6,8,12H,5,7,9-10H2,1-2H3. The van der Waals surface area contributed by atoms with Gasteiger partial charge < -0.3 is 9.42 Å². The molecule has 0 spiro atoms. The third-order valence-electron chi connectivity index (χ3n) is 4.36. The largest absolute Gasteiger partial charge is 0.341 e. The average Bonchev–Trinajstić information content (AvgIpc) is 3.33. The summed E-state index contributed by atoms with van der Waals surface area (Å²) in [6.45, 7) is 1.52. The smallest absolute Gasteiger partial charge is 0.316 e. The van der Waals surface area contributed by atoms with Gasteiger partial charge in [-0.15, -0.1) is 11.3 Å². The van der Waals surface area contributed by atoms with Gasteiger partial charge in [0, 0.05) is 14.1 Å². The molecule has 4 rings (SSSR count). The monoisotopic (exact) mass is 357 g/mol. The zero-order valence-corrected chi connectivity index (χ0v) is 15.0. The summed E-state index contributed by atoms with van der Waals surface area (Å²) >= 11 is 1.75. The number of rotatable bonds is 4. The van der Waals surface area contributed by atoms with Gasteiger partial charge in [0.05, 0.1) is 22.8 Å². The maximum absolute atomic E-state index is 11.9. The number of carbonyl (C=O) groups is 1. The average molecular weight is 357 g/mol. The van der Waals surface area contributed by atoms with E-state index >= 15 is 0 Å². The van der Waals surface area contributed by atoms with E-state index in [1.165, 1.54) is 9.60 Å². The maximum Gasteiger partial charge on any atom is 0.316 e. The number of benzene rings is 1. The van der Waals surface area contributed by atoms with Crippen molar-refractivity contribution in [3.63, 3.8) is 0 Å². The SMILES string of the molecule is CN(C)C(=O)c1nc(CN2CCCC2c2nc3ccccc3s2)no1. The van der Waals surface area contributed by atoms with Crippen LogP contribution in [0.4, 0.5) is 0 Å². The molecule has 25 heavy (non-hydrogen) atoms. The molecule has 7 nitrogen and oxygen atoms in total. The van der Waals surface area contributed by atoms with Gasteiger partial charge in [-0.3, -0.25) is 9.69 Å². The third kappa shape index (κ3) is 3.14. The molecule has 1 aliphatic rings. The molecule has 8 heteroatoms. The van der Waals surface area contributed by atoms with Gasteiger partial charge in [0.15, 0.2) is 5.82 Å². The fraction of sp³-hybridized carbons (Fsp3) is 0.412. The normalized spacial score (nSPS) is 18.1. The first-order valence-electron chi connectivity index (χ1n) is 8.25. The first-order chi connectivity index (χ1) is 12.1. The lowest BCUT2D eigenvalue weighted by Crippen LogP contribution is -2.24. The van der Waals surface area contributed by atoms with Crippen molar-refractivity contribution in [2.45, 2.75) is 25.4 Å². The van der Waals surface area contributed by atoms with Gasteiger partial charge in [-0.2, -0.15) is 4.98 Å². The summed E-state index contributed by atoms with van der Waals surface area (Å²) in [6, 6.07) is 8.48. The number of nitrogens with zero attached hydrogens (tertiary/aromatic N) is 5. The molecule has 1 amide bonds. The van der Waals surface area contributed by atoms with E-state index in [1.54, 1.807) is 25.4 Å². The fourth-order valence-electron chi connectivity index (χ4n) is 3.11. The van der Waals surface area contributed by atoms with Gasteiger partial charge in [-0.25, -0.2) is 4.98 Å². The first kappa shape index (κ1) is 16.2. The fourth-order valence-corrected chi connectivity index (χ4v) is 4.24. The Morgan fingerprint density at radius 3 is 3.00 bits per heavy atom. The second-order valence-electron chi connectivity index (χ2n) is 6.36. The Kier molecular flexibility index (Phi) is 4.22. The van der Waals surface area contributed by atoms with Gasteiger partial charge in [0.1, 0.15) is 5.01 Å². The number of thiazole rings is 1. The van der Waals surface area contributed by atoms with Gasteiger partial charge in [0.25, 0.3) is 0 Å². The molecule has 1 aliphatic heterocycles. The van der Waals surface area contributed by atoms with Crippen LogP contribution in [0.5, 0.6) is 0 Å². The van der Waals surface area contributed by atoms with Crippen molar-refractivity contribution in [3.05, 3.63) is 41.0 Å². The molecule has 1 aromatic carbocycles. The van der Waals surface area contributed by atoms with E-state index < -0.39 is 0 Å². The number of fused-ring (bicyclic) bond motifs is 1. The molecular formula is C17H19N5O2S. The lowest BCUT2D eigenvalue weighted by Gasteiger charge is -2.20. The van der Waals surface area contributed by atoms with E-state index in [1.807, 2.05) is 18.2 Å². The highest BCUT2D eigenvalue weighted by atomic mass is 32.1. The summed E-state index contributed by atoms with van der Waals surface area (Å²) in [5.41, 5.74) is 1.05.